The summed E-state index contributed by atoms with van der Waals surface area (Å²) < 4.78 is 19.0. The number of halogens is 1. The number of carbonyl (C=O) groups is 1. The second-order valence-corrected chi connectivity index (χ2v) is 6.97. The summed E-state index contributed by atoms with van der Waals surface area (Å²) in [6, 6.07) is 4.76. The van der Waals surface area contributed by atoms with E-state index in [1.807, 2.05) is 0 Å². The standard InChI is InChI=1S/C17H25FN2O3/c1-17(2,3)23-16(22)20-15-10-12(6-9-14(15)18)19-11-4-7-13(21)8-5-11/h6,9-11,13,19,21H,4-5,7-8H2,1-3H3,(H,20,22). The van der Waals surface area contributed by atoms with Crippen molar-refractivity contribution >= 4 is 17.5 Å². The molecule has 0 bridgehead atoms. The van der Waals surface area contributed by atoms with Crippen molar-refractivity contribution in [2.24, 2.45) is 0 Å². The van der Waals surface area contributed by atoms with E-state index < -0.39 is 17.5 Å². The molecule has 5 nitrogen and oxygen atoms in total. The van der Waals surface area contributed by atoms with E-state index in [0.29, 0.717) is 0 Å². The van der Waals surface area contributed by atoms with Gasteiger partial charge in [-0.15, -0.1) is 0 Å². The molecule has 0 atom stereocenters. The first-order valence-corrected chi connectivity index (χ1v) is 7.97. The maximum absolute atomic E-state index is 13.9. The normalized spacial score (nSPS) is 21.6. The Morgan fingerprint density at radius 2 is 1.91 bits per heavy atom. The molecular weight excluding hydrogens is 299 g/mol. The van der Waals surface area contributed by atoms with E-state index in [0.717, 1.165) is 31.4 Å². The Kier molecular flexibility index (Phi) is 5.46. The highest BCUT2D eigenvalue weighted by Crippen LogP contribution is 2.25. The second kappa shape index (κ2) is 7.17. The molecule has 3 N–H and O–H groups in total. The minimum atomic E-state index is -0.686. The number of nitrogens with one attached hydrogen (secondary N) is 2. The molecule has 128 valence electrons. The molecule has 1 aromatic carbocycles. The van der Waals surface area contributed by atoms with Crippen LogP contribution in [0.4, 0.5) is 20.6 Å². The van der Waals surface area contributed by atoms with Crippen molar-refractivity contribution in [3.8, 4) is 0 Å². The van der Waals surface area contributed by atoms with Gasteiger partial charge in [0.2, 0.25) is 0 Å². The number of hydrogen-bond donors (Lipinski definition) is 3. The molecule has 0 heterocycles. The third-order valence-corrected chi connectivity index (χ3v) is 3.67. The highest BCUT2D eigenvalue weighted by molar-refractivity contribution is 5.85. The highest BCUT2D eigenvalue weighted by atomic mass is 19.1. The first-order valence-electron chi connectivity index (χ1n) is 7.97. The predicted molar refractivity (Wildman–Crippen MR) is 88.1 cm³/mol. The third-order valence-electron chi connectivity index (χ3n) is 3.67. The van der Waals surface area contributed by atoms with Gasteiger partial charge in [0, 0.05) is 11.7 Å². The van der Waals surface area contributed by atoms with Crippen molar-refractivity contribution in [2.45, 2.75) is 64.2 Å². The lowest BCUT2D eigenvalue weighted by Gasteiger charge is -2.27. The molecule has 1 saturated carbocycles. The molecule has 1 aromatic rings. The average Bonchev–Trinajstić information content (AvgIpc) is 2.43. The molecule has 0 aliphatic heterocycles. The Morgan fingerprint density at radius 3 is 2.52 bits per heavy atom. The molecule has 2 rings (SSSR count). The number of rotatable bonds is 3. The Balaban J connectivity index is 1.99. The average molecular weight is 324 g/mol. The summed E-state index contributed by atoms with van der Waals surface area (Å²) >= 11 is 0. The predicted octanol–water partition coefficient (Wildman–Crippen LogP) is 3.89. The summed E-state index contributed by atoms with van der Waals surface area (Å²) in [5, 5.41) is 15.3. The van der Waals surface area contributed by atoms with Gasteiger partial charge in [0.25, 0.3) is 0 Å². The van der Waals surface area contributed by atoms with Gasteiger partial charge in [-0.05, 0) is 64.7 Å². The number of aliphatic hydroxyl groups is 1. The molecule has 0 saturated heterocycles. The van der Waals surface area contributed by atoms with E-state index in [1.165, 1.54) is 6.07 Å². The fourth-order valence-electron chi connectivity index (χ4n) is 2.58. The molecule has 1 aliphatic carbocycles. The minimum Gasteiger partial charge on any atom is -0.444 e. The number of ether oxygens (including phenoxy) is 1. The molecule has 0 spiro atoms. The van der Waals surface area contributed by atoms with Crippen molar-refractivity contribution in [1.82, 2.24) is 0 Å². The van der Waals surface area contributed by atoms with Crippen molar-refractivity contribution < 1.29 is 19.0 Å². The zero-order valence-corrected chi connectivity index (χ0v) is 13.9. The maximum Gasteiger partial charge on any atom is 0.412 e. The van der Waals surface area contributed by atoms with Gasteiger partial charge in [-0.1, -0.05) is 0 Å². The molecule has 1 amide bonds. The molecule has 0 aromatic heterocycles. The van der Waals surface area contributed by atoms with Gasteiger partial charge in [-0.25, -0.2) is 9.18 Å². The SMILES string of the molecule is CC(C)(C)OC(=O)Nc1cc(NC2CCC(O)CC2)ccc1F. The molecule has 1 fully saturated rings. The van der Waals surface area contributed by atoms with Gasteiger partial charge < -0.3 is 15.2 Å². The first kappa shape index (κ1) is 17.5. The fourth-order valence-corrected chi connectivity index (χ4v) is 2.58. The summed E-state index contributed by atoms with van der Waals surface area (Å²) in [6.45, 7) is 5.25. The minimum absolute atomic E-state index is 0.0834. The van der Waals surface area contributed by atoms with Crippen LogP contribution in [0.5, 0.6) is 0 Å². The van der Waals surface area contributed by atoms with E-state index >= 15 is 0 Å². The van der Waals surface area contributed by atoms with Crippen molar-refractivity contribution in [1.29, 1.82) is 0 Å². The van der Waals surface area contributed by atoms with Gasteiger partial charge in [-0.3, -0.25) is 5.32 Å². The topological polar surface area (TPSA) is 70.6 Å². The molecule has 1 aliphatic rings. The third kappa shape index (κ3) is 5.71. The second-order valence-electron chi connectivity index (χ2n) is 6.97. The number of anilines is 2. The lowest BCUT2D eigenvalue weighted by molar-refractivity contribution is 0.0635. The summed E-state index contributed by atoms with van der Waals surface area (Å²) in [4.78, 5) is 11.8. The lowest BCUT2D eigenvalue weighted by atomic mass is 9.93. The molecular formula is C17H25FN2O3. The number of benzene rings is 1. The number of hydrogen-bond acceptors (Lipinski definition) is 4. The Bertz CT molecular complexity index is 549. The fraction of sp³-hybridized carbons (Fsp3) is 0.588. The van der Waals surface area contributed by atoms with Crippen molar-refractivity contribution in [3.63, 3.8) is 0 Å². The van der Waals surface area contributed by atoms with Crippen LogP contribution in [0, 0.1) is 5.82 Å². The van der Waals surface area contributed by atoms with Gasteiger partial charge >= 0.3 is 6.09 Å². The van der Waals surface area contributed by atoms with Gasteiger partial charge in [0.05, 0.1) is 11.8 Å². The van der Waals surface area contributed by atoms with E-state index in [1.54, 1.807) is 32.9 Å². The maximum atomic E-state index is 13.9. The smallest absolute Gasteiger partial charge is 0.412 e. The van der Waals surface area contributed by atoms with E-state index in [-0.39, 0.29) is 17.8 Å². The van der Waals surface area contributed by atoms with Crippen LogP contribution in [0.3, 0.4) is 0 Å². The van der Waals surface area contributed by atoms with E-state index in [4.69, 9.17) is 4.74 Å². The van der Waals surface area contributed by atoms with Crippen LogP contribution in [0.1, 0.15) is 46.5 Å². The summed E-state index contributed by atoms with van der Waals surface area (Å²) in [5.74, 6) is -0.513. The monoisotopic (exact) mass is 324 g/mol. The van der Waals surface area contributed by atoms with E-state index in [9.17, 15) is 14.3 Å². The molecule has 0 radical (unpaired) electrons. The number of aliphatic hydroxyl groups excluding tert-OH is 1. The van der Waals surface area contributed by atoms with Gasteiger partial charge in [0.15, 0.2) is 0 Å². The Morgan fingerprint density at radius 1 is 1.26 bits per heavy atom. The van der Waals surface area contributed by atoms with Crippen LogP contribution < -0.4 is 10.6 Å². The number of amides is 1. The summed E-state index contributed by atoms with van der Waals surface area (Å²) in [5.41, 5.74) is 0.179. The first-order chi connectivity index (χ1) is 10.7. The van der Waals surface area contributed by atoms with Crippen LogP contribution in [0.2, 0.25) is 0 Å². The highest BCUT2D eigenvalue weighted by Gasteiger charge is 2.20. The van der Waals surface area contributed by atoms with Crippen LogP contribution in [-0.2, 0) is 4.74 Å². The zero-order valence-electron chi connectivity index (χ0n) is 13.9. The van der Waals surface area contributed by atoms with Crippen LogP contribution in [0.15, 0.2) is 18.2 Å². The lowest BCUT2D eigenvalue weighted by Crippen LogP contribution is -2.28. The zero-order chi connectivity index (χ0) is 17.0. The van der Waals surface area contributed by atoms with Crippen molar-refractivity contribution in [3.05, 3.63) is 24.0 Å². The summed E-state index contributed by atoms with van der Waals surface area (Å²) in [6.07, 6.45) is 2.37. The summed E-state index contributed by atoms with van der Waals surface area (Å²) in [7, 11) is 0. The van der Waals surface area contributed by atoms with Gasteiger partial charge in [0.1, 0.15) is 11.4 Å². The van der Waals surface area contributed by atoms with Crippen LogP contribution in [-0.4, -0.2) is 28.9 Å². The van der Waals surface area contributed by atoms with E-state index in [2.05, 4.69) is 10.6 Å². The Hall–Kier alpha value is -1.82. The number of carbonyl (C=O) groups excluding carboxylic acids is 1. The quantitative estimate of drug-likeness (QED) is 0.789. The Labute approximate surface area is 136 Å². The largest absolute Gasteiger partial charge is 0.444 e. The molecule has 6 heteroatoms. The van der Waals surface area contributed by atoms with Crippen LogP contribution in [0.25, 0.3) is 0 Å². The molecule has 0 unspecified atom stereocenters. The molecule has 23 heavy (non-hydrogen) atoms. The van der Waals surface area contributed by atoms with Crippen LogP contribution >= 0.6 is 0 Å². The van der Waals surface area contributed by atoms with Gasteiger partial charge in [-0.2, -0.15) is 0 Å². The van der Waals surface area contributed by atoms with Crippen molar-refractivity contribution in [2.75, 3.05) is 10.6 Å².